The number of hydrogen-bond acceptors (Lipinski definition) is 4. The zero-order valence-corrected chi connectivity index (χ0v) is 13.8. The summed E-state index contributed by atoms with van der Waals surface area (Å²) in [6.45, 7) is 0.0935. The Labute approximate surface area is 141 Å². The van der Waals surface area contributed by atoms with E-state index in [2.05, 4.69) is 10.3 Å². The first-order valence-corrected chi connectivity index (χ1v) is 8.71. The van der Waals surface area contributed by atoms with Crippen LogP contribution in [0.15, 0.2) is 34.8 Å². The van der Waals surface area contributed by atoms with Crippen LogP contribution in [0.4, 0.5) is 0 Å². The van der Waals surface area contributed by atoms with Crippen molar-refractivity contribution < 1.29 is 14.3 Å². The summed E-state index contributed by atoms with van der Waals surface area (Å²) in [5.41, 5.74) is 1.48. The Morgan fingerprint density at radius 3 is 2.88 bits per heavy atom. The summed E-state index contributed by atoms with van der Waals surface area (Å²) in [6, 6.07) is 7.54. The van der Waals surface area contributed by atoms with Crippen molar-refractivity contribution in [2.45, 2.75) is 44.6 Å². The Kier molecular flexibility index (Phi) is 5.64. The average Bonchev–Trinajstić information content (AvgIpc) is 3.03. The molecule has 0 spiro atoms. The van der Waals surface area contributed by atoms with Crippen LogP contribution >= 0.6 is 0 Å². The molecule has 0 bridgehead atoms. The highest BCUT2D eigenvalue weighted by molar-refractivity contribution is 5.91. The van der Waals surface area contributed by atoms with E-state index in [1.54, 1.807) is 6.08 Å². The molecule has 1 amide bonds. The normalized spacial score (nSPS) is 17.4. The van der Waals surface area contributed by atoms with Crippen LogP contribution in [0.3, 0.4) is 0 Å². The summed E-state index contributed by atoms with van der Waals surface area (Å²) >= 11 is 0. The maximum atomic E-state index is 12.2. The van der Waals surface area contributed by atoms with E-state index >= 15 is 0 Å². The van der Waals surface area contributed by atoms with Gasteiger partial charge in [-0.25, -0.2) is 4.98 Å². The van der Waals surface area contributed by atoms with Crippen molar-refractivity contribution in [2.24, 2.45) is 5.92 Å². The van der Waals surface area contributed by atoms with Gasteiger partial charge in [-0.2, -0.15) is 0 Å². The van der Waals surface area contributed by atoms with Crippen LogP contribution in [0.25, 0.3) is 17.2 Å². The second kappa shape index (κ2) is 8.11. The molecule has 1 fully saturated rings. The van der Waals surface area contributed by atoms with Gasteiger partial charge < -0.3 is 14.8 Å². The molecule has 1 aliphatic rings. The van der Waals surface area contributed by atoms with Crippen LogP contribution in [0, 0.1) is 5.92 Å². The molecule has 128 valence electrons. The Bertz CT molecular complexity index is 668. The summed E-state index contributed by atoms with van der Waals surface area (Å²) in [4.78, 5) is 16.5. The van der Waals surface area contributed by atoms with E-state index < -0.39 is 0 Å². The second-order valence-corrected chi connectivity index (χ2v) is 6.38. The minimum Gasteiger partial charge on any atom is -0.437 e. The Morgan fingerprint density at radius 2 is 2.12 bits per heavy atom. The van der Waals surface area contributed by atoms with Crippen molar-refractivity contribution in [3.63, 3.8) is 0 Å². The summed E-state index contributed by atoms with van der Waals surface area (Å²) < 4.78 is 5.57. The predicted octanol–water partition coefficient (Wildman–Crippen LogP) is 3.29. The van der Waals surface area contributed by atoms with Gasteiger partial charge in [0, 0.05) is 24.8 Å². The highest BCUT2D eigenvalue weighted by atomic mass is 16.3. The average molecular weight is 328 g/mol. The molecule has 2 N–H and O–H groups in total. The van der Waals surface area contributed by atoms with Gasteiger partial charge in [-0.3, -0.25) is 4.79 Å². The van der Waals surface area contributed by atoms with Gasteiger partial charge >= 0.3 is 0 Å². The minimum atomic E-state index is -0.165. The van der Waals surface area contributed by atoms with Crippen LogP contribution in [0.1, 0.15) is 44.4 Å². The molecule has 1 aromatic heterocycles. The molecule has 1 aliphatic carbocycles. The SMILES string of the molecule is O=C(/C=C/c1nc2ccccc2o1)NC(CCO)C1CCCCC1. The van der Waals surface area contributed by atoms with Gasteiger partial charge in [-0.15, -0.1) is 0 Å². The van der Waals surface area contributed by atoms with Gasteiger partial charge in [0.15, 0.2) is 5.58 Å². The van der Waals surface area contributed by atoms with Gasteiger partial charge in [0.1, 0.15) is 5.52 Å². The number of aliphatic hydroxyl groups is 1. The zero-order valence-electron chi connectivity index (χ0n) is 13.8. The fraction of sp³-hybridized carbons (Fsp3) is 0.474. The van der Waals surface area contributed by atoms with Crippen molar-refractivity contribution in [3.8, 4) is 0 Å². The summed E-state index contributed by atoms with van der Waals surface area (Å²) in [5.74, 6) is 0.719. The number of rotatable bonds is 6. The van der Waals surface area contributed by atoms with E-state index in [1.807, 2.05) is 24.3 Å². The van der Waals surface area contributed by atoms with E-state index in [0.29, 0.717) is 23.8 Å². The highest BCUT2D eigenvalue weighted by Crippen LogP contribution is 2.27. The molecule has 2 aromatic rings. The number of nitrogens with one attached hydrogen (secondary N) is 1. The molecular weight excluding hydrogens is 304 g/mol. The number of aliphatic hydroxyl groups excluding tert-OH is 1. The molecule has 0 saturated heterocycles. The lowest BCUT2D eigenvalue weighted by Crippen LogP contribution is -2.41. The van der Waals surface area contributed by atoms with Crippen molar-refractivity contribution >= 4 is 23.1 Å². The third-order valence-corrected chi connectivity index (χ3v) is 4.67. The van der Waals surface area contributed by atoms with Crippen molar-refractivity contribution in [1.82, 2.24) is 10.3 Å². The van der Waals surface area contributed by atoms with E-state index in [1.165, 1.54) is 25.3 Å². The van der Waals surface area contributed by atoms with Crippen LogP contribution < -0.4 is 5.32 Å². The predicted molar refractivity (Wildman–Crippen MR) is 93.3 cm³/mol. The summed E-state index contributed by atoms with van der Waals surface area (Å²) in [7, 11) is 0. The molecule has 5 nitrogen and oxygen atoms in total. The Hall–Kier alpha value is -2.14. The first-order chi connectivity index (χ1) is 11.8. The van der Waals surface area contributed by atoms with Crippen molar-refractivity contribution in [3.05, 3.63) is 36.2 Å². The number of hydrogen-bond donors (Lipinski definition) is 2. The molecule has 1 heterocycles. The molecule has 0 radical (unpaired) electrons. The molecule has 3 rings (SSSR count). The van der Waals surface area contributed by atoms with E-state index in [-0.39, 0.29) is 18.6 Å². The molecular formula is C19H24N2O3. The van der Waals surface area contributed by atoms with Crippen LogP contribution in [-0.4, -0.2) is 28.6 Å². The molecule has 1 aromatic carbocycles. The number of para-hydroxylation sites is 2. The Morgan fingerprint density at radius 1 is 1.33 bits per heavy atom. The largest absolute Gasteiger partial charge is 0.437 e. The fourth-order valence-electron chi connectivity index (χ4n) is 3.44. The number of fused-ring (bicyclic) bond motifs is 1. The lowest BCUT2D eigenvalue weighted by molar-refractivity contribution is -0.117. The number of nitrogens with zero attached hydrogens (tertiary/aromatic N) is 1. The van der Waals surface area contributed by atoms with Crippen LogP contribution in [0.5, 0.6) is 0 Å². The molecule has 0 aliphatic heterocycles. The highest BCUT2D eigenvalue weighted by Gasteiger charge is 2.24. The quantitative estimate of drug-likeness (QED) is 0.798. The smallest absolute Gasteiger partial charge is 0.244 e. The third-order valence-electron chi connectivity index (χ3n) is 4.67. The monoisotopic (exact) mass is 328 g/mol. The number of carbonyl (C=O) groups excluding carboxylic acids is 1. The Balaban J connectivity index is 1.61. The minimum absolute atomic E-state index is 0.0380. The van der Waals surface area contributed by atoms with Gasteiger partial charge in [0.2, 0.25) is 11.8 Å². The number of benzene rings is 1. The van der Waals surface area contributed by atoms with Crippen molar-refractivity contribution in [1.29, 1.82) is 0 Å². The lowest BCUT2D eigenvalue weighted by atomic mass is 9.82. The molecule has 1 atom stereocenters. The first kappa shape index (κ1) is 16.7. The molecule has 24 heavy (non-hydrogen) atoms. The third kappa shape index (κ3) is 4.23. The number of amides is 1. The van der Waals surface area contributed by atoms with Gasteiger partial charge in [-0.05, 0) is 37.3 Å². The van der Waals surface area contributed by atoms with E-state index in [4.69, 9.17) is 4.42 Å². The lowest BCUT2D eigenvalue weighted by Gasteiger charge is -2.30. The second-order valence-electron chi connectivity index (χ2n) is 6.38. The molecule has 5 heteroatoms. The molecule has 1 unspecified atom stereocenters. The summed E-state index contributed by atoms with van der Waals surface area (Å²) in [5, 5.41) is 12.3. The maximum absolute atomic E-state index is 12.2. The number of carbonyl (C=O) groups is 1. The van der Waals surface area contributed by atoms with Gasteiger partial charge in [-0.1, -0.05) is 31.4 Å². The zero-order chi connectivity index (χ0) is 16.8. The number of oxazole rings is 1. The molecule has 1 saturated carbocycles. The fourth-order valence-corrected chi connectivity index (χ4v) is 3.44. The van der Waals surface area contributed by atoms with E-state index in [9.17, 15) is 9.90 Å². The van der Waals surface area contributed by atoms with Crippen LogP contribution in [-0.2, 0) is 4.79 Å². The van der Waals surface area contributed by atoms with Gasteiger partial charge in [0.05, 0.1) is 0 Å². The summed E-state index contributed by atoms with van der Waals surface area (Å²) in [6.07, 6.45) is 9.59. The van der Waals surface area contributed by atoms with Crippen LogP contribution in [0.2, 0.25) is 0 Å². The van der Waals surface area contributed by atoms with E-state index in [0.717, 1.165) is 18.4 Å². The first-order valence-electron chi connectivity index (χ1n) is 8.71. The number of aromatic nitrogens is 1. The standard InChI is InChI=1S/C19H24N2O3/c22-13-12-15(14-6-2-1-3-7-14)20-18(23)10-11-19-21-16-8-4-5-9-17(16)24-19/h4-5,8-11,14-15,22H,1-3,6-7,12-13H2,(H,20,23)/b11-10+. The maximum Gasteiger partial charge on any atom is 0.244 e. The topological polar surface area (TPSA) is 75.4 Å². The van der Waals surface area contributed by atoms with Crippen molar-refractivity contribution in [2.75, 3.05) is 6.61 Å². The van der Waals surface area contributed by atoms with Gasteiger partial charge in [0.25, 0.3) is 0 Å².